The largest absolute Gasteiger partial charge is 0.327 e. The highest BCUT2D eigenvalue weighted by Gasteiger charge is 2.33. The van der Waals surface area contributed by atoms with Crippen molar-refractivity contribution in [2.75, 3.05) is 11.5 Å². The minimum absolute atomic E-state index is 0.00513. The molecule has 3 aromatic heterocycles. The van der Waals surface area contributed by atoms with Gasteiger partial charge in [0, 0.05) is 29.1 Å². The lowest BCUT2D eigenvalue weighted by Gasteiger charge is -2.27. The van der Waals surface area contributed by atoms with Gasteiger partial charge in [-0.15, -0.1) is 11.3 Å². The molecule has 8 heteroatoms. The van der Waals surface area contributed by atoms with Crippen molar-refractivity contribution < 1.29 is 13.2 Å². The fourth-order valence-corrected chi connectivity index (χ4v) is 6.46. The van der Waals surface area contributed by atoms with Crippen molar-refractivity contribution in [3.8, 4) is 11.1 Å². The molecule has 3 aromatic rings. The second-order valence-electron chi connectivity index (χ2n) is 7.12. The minimum Gasteiger partial charge on any atom is -0.327 e. The molecule has 1 aliphatic rings. The van der Waals surface area contributed by atoms with Crippen LogP contribution in [0.3, 0.4) is 0 Å². The summed E-state index contributed by atoms with van der Waals surface area (Å²) in [5.41, 5.74) is 9.04. The molecule has 4 heterocycles. The topological polar surface area (TPSA) is 94.5 Å². The molecule has 6 nitrogen and oxygen atoms in total. The number of thiophene rings is 1. The average Bonchev–Trinajstić information content (AvgIpc) is 3.21. The van der Waals surface area contributed by atoms with Gasteiger partial charge in [0.1, 0.15) is 0 Å². The van der Waals surface area contributed by atoms with E-state index in [9.17, 15) is 13.2 Å². The lowest BCUT2D eigenvalue weighted by molar-refractivity contribution is 0.0962. The van der Waals surface area contributed by atoms with Gasteiger partial charge in [0.15, 0.2) is 15.6 Å². The van der Waals surface area contributed by atoms with Gasteiger partial charge in [-0.25, -0.2) is 12.9 Å². The van der Waals surface area contributed by atoms with Crippen LogP contribution >= 0.6 is 11.3 Å². The Morgan fingerprint density at radius 3 is 3.00 bits per heavy atom. The summed E-state index contributed by atoms with van der Waals surface area (Å²) in [7, 11) is -3.10. The number of Topliss-reactive ketones (excluding diaryl/α,β-unsaturated/α-hetero) is 1. The smallest absolute Gasteiger partial charge is 0.173 e. The van der Waals surface area contributed by atoms with Crippen LogP contribution in [0.15, 0.2) is 36.7 Å². The molecule has 1 aliphatic heterocycles. The summed E-state index contributed by atoms with van der Waals surface area (Å²) in [6, 6.07) is 7.53. The van der Waals surface area contributed by atoms with Crippen LogP contribution in [-0.4, -0.2) is 41.4 Å². The van der Waals surface area contributed by atoms with Crippen molar-refractivity contribution >= 4 is 32.5 Å². The number of carbonyl (C=O) groups is 1. The monoisotopic (exact) mass is 403 g/mol. The summed E-state index contributed by atoms with van der Waals surface area (Å²) in [5.74, 6) is -0.219. The number of nitrogens with two attached hydrogens (primary N) is 1. The highest BCUT2D eigenvalue weighted by molar-refractivity contribution is 7.91. The Hall–Kier alpha value is -2.03. The number of hydrogen-bond donors (Lipinski definition) is 1. The van der Waals surface area contributed by atoms with Gasteiger partial charge in [-0.2, -0.15) is 5.10 Å². The lowest BCUT2D eigenvalue weighted by atomic mass is 9.93. The van der Waals surface area contributed by atoms with Crippen LogP contribution in [0.4, 0.5) is 0 Å². The SMILES string of the molecule is Cc1sc(C(=O)C[C@H]2CS(=O)(=O)CC[C@H]2N)cc1-c1cnn2ccccc12. The zero-order chi connectivity index (χ0) is 19.2. The number of aromatic nitrogens is 2. The summed E-state index contributed by atoms with van der Waals surface area (Å²) in [5, 5.41) is 4.36. The molecule has 0 aliphatic carbocycles. The first-order valence-electron chi connectivity index (χ1n) is 8.86. The Bertz CT molecular complexity index is 1110. The van der Waals surface area contributed by atoms with Crippen molar-refractivity contribution in [3.63, 3.8) is 0 Å². The van der Waals surface area contributed by atoms with Gasteiger partial charge >= 0.3 is 0 Å². The van der Waals surface area contributed by atoms with E-state index in [1.165, 1.54) is 11.3 Å². The Balaban J connectivity index is 1.60. The molecule has 2 N–H and O–H groups in total. The summed E-state index contributed by atoms with van der Waals surface area (Å²) in [6.45, 7) is 1.99. The number of sulfone groups is 1. The standard InChI is InChI=1S/C19H21N3O3S2/c1-12-14(15-10-21-22-6-3-2-4-17(15)22)9-19(26-12)18(23)8-13-11-27(24,25)7-5-16(13)20/h2-4,6,9-10,13,16H,5,7-8,11,20H2,1H3/t13-,16+/m0/s1. The van der Waals surface area contributed by atoms with Gasteiger partial charge in [0.05, 0.1) is 28.1 Å². The predicted molar refractivity (Wildman–Crippen MR) is 107 cm³/mol. The van der Waals surface area contributed by atoms with E-state index in [0.717, 1.165) is 21.5 Å². The summed E-state index contributed by atoms with van der Waals surface area (Å²) in [6.07, 6.45) is 4.30. The highest BCUT2D eigenvalue weighted by atomic mass is 32.2. The van der Waals surface area contributed by atoms with Gasteiger partial charge in [-0.3, -0.25) is 4.79 Å². The number of aryl methyl sites for hydroxylation is 1. The molecule has 0 saturated carbocycles. The molecule has 2 atom stereocenters. The third kappa shape index (κ3) is 3.56. The number of pyridine rings is 1. The van der Waals surface area contributed by atoms with E-state index in [1.807, 2.05) is 43.6 Å². The number of fused-ring (bicyclic) bond motifs is 1. The molecule has 4 rings (SSSR count). The molecule has 0 bridgehead atoms. The van der Waals surface area contributed by atoms with Crippen molar-refractivity contribution in [2.45, 2.75) is 25.8 Å². The van der Waals surface area contributed by atoms with Crippen molar-refractivity contribution in [2.24, 2.45) is 11.7 Å². The van der Waals surface area contributed by atoms with Crippen LogP contribution in [0.25, 0.3) is 16.6 Å². The molecular weight excluding hydrogens is 382 g/mol. The molecule has 0 aromatic carbocycles. The van der Waals surface area contributed by atoms with Crippen LogP contribution < -0.4 is 5.73 Å². The maximum absolute atomic E-state index is 12.8. The minimum atomic E-state index is -3.10. The van der Waals surface area contributed by atoms with Crippen LogP contribution in [0.1, 0.15) is 27.4 Å². The first-order valence-corrected chi connectivity index (χ1v) is 11.5. The predicted octanol–water partition coefficient (Wildman–Crippen LogP) is 2.71. The number of carbonyl (C=O) groups excluding carboxylic acids is 1. The number of hydrogen-bond acceptors (Lipinski definition) is 6. The summed E-state index contributed by atoms with van der Waals surface area (Å²) < 4.78 is 25.6. The van der Waals surface area contributed by atoms with Crippen molar-refractivity contribution in [1.82, 2.24) is 9.61 Å². The quantitative estimate of drug-likeness (QED) is 0.676. The second-order valence-corrected chi connectivity index (χ2v) is 10.6. The Labute approximate surface area is 161 Å². The molecule has 0 radical (unpaired) electrons. The molecule has 1 fully saturated rings. The van der Waals surface area contributed by atoms with Crippen LogP contribution in [0.5, 0.6) is 0 Å². The average molecular weight is 404 g/mol. The van der Waals surface area contributed by atoms with E-state index in [-0.39, 0.29) is 35.7 Å². The van der Waals surface area contributed by atoms with Gasteiger partial charge in [0.2, 0.25) is 0 Å². The summed E-state index contributed by atoms with van der Waals surface area (Å²) in [4.78, 5) is 14.5. The lowest BCUT2D eigenvalue weighted by Crippen LogP contribution is -2.42. The Morgan fingerprint density at radius 2 is 2.19 bits per heavy atom. The van der Waals surface area contributed by atoms with E-state index in [0.29, 0.717) is 11.3 Å². The maximum atomic E-state index is 12.8. The molecule has 27 heavy (non-hydrogen) atoms. The first-order chi connectivity index (χ1) is 12.8. The fourth-order valence-electron chi connectivity index (χ4n) is 3.66. The van der Waals surface area contributed by atoms with Crippen LogP contribution in [0.2, 0.25) is 0 Å². The first kappa shape index (κ1) is 18.3. The van der Waals surface area contributed by atoms with E-state index >= 15 is 0 Å². The molecule has 0 unspecified atom stereocenters. The van der Waals surface area contributed by atoms with Crippen molar-refractivity contribution in [3.05, 3.63) is 46.4 Å². The van der Waals surface area contributed by atoms with Crippen molar-refractivity contribution in [1.29, 1.82) is 0 Å². The summed E-state index contributed by atoms with van der Waals surface area (Å²) >= 11 is 1.44. The number of ketones is 1. The third-order valence-corrected chi connectivity index (χ3v) is 8.08. The van der Waals surface area contributed by atoms with Gasteiger partial charge in [0.25, 0.3) is 0 Å². The van der Waals surface area contributed by atoms with Crippen LogP contribution in [0, 0.1) is 12.8 Å². The van der Waals surface area contributed by atoms with Gasteiger partial charge in [-0.05, 0) is 43.0 Å². The molecule has 0 amide bonds. The molecule has 1 saturated heterocycles. The molecule has 142 valence electrons. The van der Waals surface area contributed by atoms with Gasteiger partial charge in [-0.1, -0.05) is 6.07 Å². The van der Waals surface area contributed by atoms with E-state index in [2.05, 4.69) is 5.10 Å². The van der Waals surface area contributed by atoms with E-state index in [4.69, 9.17) is 5.73 Å². The van der Waals surface area contributed by atoms with Gasteiger partial charge < -0.3 is 5.73 Å². The number of nitrogens with zero attached hydrogens (tertiary/aromatic N) is 2. The fraction of sp³-hybridized carbons (Fsp3) is 0.368. The maximum Gasteiger partial charge on any atom is 0.173 e. The highest BCUT2D eigenvalue weighted by Crippen LogP contribution is 2.35. The number of rotatable bonds is 4. The third-order valence-electron chi connectivity index (χ3n) is 5.19. The van der Waals surface area contributed by atoms with Crippen LogP contribution in [-0.2, 0) is 9.84 Å². The zero-order valence-corrected chi connectivity index (χ0v) is 16.6. The zero-order valence-electron chi connectivity index (χ0n) is 15.0. The normalized spacial score (nSPS) is 22.1. The Morgan fingerprint density at radius 1 is 1.37 bits per heavy atom. The molecular formula is C19H21N3O3S2. The second kappa shape index (κ2) is 6.85. The Kier molecular flexibility index (Phi) is 4.65. The molecule has 0 spiro atoms. The van der Waals surface area contributed by atoms with E-state index in [1.54, 1.807) is 4.52 Å². The van der Waals surface area contributed by atoms with E-state index < -0.39 is 9.84 Å².